The third kappa shape index (κ3) is 5.74. The molecule has 6 aromatic rings. The van der Waals surface area contributed by atoms with Crippen molar-refractivity contribution in [2.24, 2.45) is 11.8 Å². The van der Waals surface area contributed by atoms with Crippen LogP contribution in [0.5, 0.6) is 11.5 Å². The predicted octanol–water partition coefficient (Wildman–Crippen LogP) is 11.6. The molecule has 3 aromatic heterocycles. The molecule has 7 rings (SSSR count). The summed E-state index contributed by atoms with van der Waals surface area (Å²) in [4.78, 5) is 4.84. The Balaban J connectivity index is 1.26. The minimum absolute atomic E-state index is 0.0176. The van der Waals surface area contributed by atoms with E-state index in [1.54, 1.807) is 5.57 Å². The Bertz CT molecular complexity index is 2160. The van der Waals surface area contributed by atoms with E-state index in [1.807, 2.05) is 12.3 Å². The smallest absolute Gasteiger partial charge is 0.137 e. The van der Waals surface area contributed by atoms with E-state index >= 15 is 0 Å². The van der Waals surface area contributed by atoms with Crippen molar-refractivity contribution in [2.45, 2.75) is 86.0 Å². The summed E-state index contributed by atoms with van der Waals surface area (Å²) in [6.45, 7) is 18.2. The molecular weight excluding hydrogens is 589 g/mol. The third-order valence-corrected chi connectivity index (χ3v) is 10.2. The Labute approximate surface area is 285 Å². The first kappa shape index (κ1) is 31.9. The maximum Gasteiger partial charge on any atom is 0.137 e. The molecule has 0 N–H and O–H groups in total. The molecule has 1 aliphatic rings. The molecule has 0 fully saturated rings. The largest absolute Gasteiger partial charge is 0.457 e. The fourth-order valence-electron chi connectivity index (χ4n) is 8.06. The van der Waals surface area contributed by atoms with E-state index in [0.717, 1.165) is 46.2 Å². The van der Waals surface area contributed by atoms with Crippen molar-refractivity contribution in [1.29, 1.82) is 0 Å². The minimum atomic E-state index is 0.0176. The molecule has 5 nitrogen and oxygen atoms in total. The lowest BCUT2D eigenvalue weighted by Gasteiger charge is -2.34. The van der Waals surface area contributed by atoms with E-state index in [2.05, 4.69) is 144 Å². The number of pyridine rings is 1. The molecule has 246 valence electrons. The SMILES string of the molecule is CCCC1=CC(C)C[C@H](C)[C@@H]1c1c(C)nn(-c2cccc(Oc3ccc4c5ccccc5n(-c5cc(C(C)(C)C)ccn5)c4c3)c2)c1C. The molecular formula is C43H48N4O. The summed E-state index contributed by atoms with van der Waals surface area (Å²) in [6, 6.07) is 27.6. The third-order valence-electron chi connectivity index (χ3n) is 10.2. The van der Waals surface area contributed by atoms with Gasteiger partial charge in [-0.1, -0.05) is 83.9 Å². The average Bonchev–Trinajstić information content (AvgIpc) is 3.53. The second-order valence-corrected chi connectivity index (χ2v) is 14.9. The summed E-state index contributed by atoms with van der Waals surface area (Å²) < 4.78 is 11.0. The van der Waals surface area contributed by atoms with E-state index in [9.17, 15) is 0 Å². The van der Waals surface area contributed by atoms with Gasteiger partial charge in [-0.15, -0.1) is 0 Å². The normalized spacial score (nSPS) is 18.4. The first-order valence-electron chi connectivity index (χ1n) is 17.6. The van der Waals surface area contributed by atoms with E-state index in [0.29, 0.717) is 17.8 Å². The van der Waals surface area contributed by atoms with Crippen LogP contribution in [0.2, 0.25) is 0 Å². The molecule has 0 aliphatic heterocycles. The summed E-state index contributed by atoms with van der Waals surface area (Å²) in [5.41, 5.74) is 9.79. The van der Waals surface area contributed by atoms with E-state index in [-0.39, 0.29) is 5.41 Å². The highest BCUT2D eigenvalue weighted by atomic mass is 16.5. The minimum Gasteiger partial charge on any atom is -0.457 e. The number of ether oxygens (including phenoxy) is 1. The van der Waals surface area contributed by atoms with Crippen molar-refractivity contribution in [3.63, 3.8) is 0 Å². The molecule has 3 atom stereocenters. The number of benzene rings is 3. The van der Waals surface area contributed by atoms with Crippen LogP contribution >= 0.6 is 0 Å². The fourth-order valence-corrected chi connectivity index (χ4v) is 8.06. The van der Waals surface area contributed by atoms with Gasteiger partial charge in [0.2, 0.25) is 0 Å². The first-order chi connectivity index (χ1) is 23.0. The number of hydrogen-bond donors (Lipinski definition) is 0. The van der Waals surface area contributed by atoms with Gasteiger partial charge in [0.1, 0.15) is 17.3 Å². The van der Waals surface area contributed by atoms with Crippen molar-refractivity contribution in [1.82, 2.24) is 19.3 Å². The number of aryl methyl sites for hydroxylation is 1. The number of hydrogen-bond acceptors (Lipinski definition) is 3. The molecule has 48 heavy (non-hydrogen) atoms. The van der Waals surface area contributed by atoms with Crippen molar-refractivity contribution < 1.29 is 4.74 Å². The Hall–Kier alpha value is -4.64. The highest BCUT2D eigenvalue weighted by Gasteiger charge is 2.32. The summed E-state index contributed by atoms with van der Waals surface area (Å²) in [7, 11) is 0. The van der Waals surface area contributed by atoms with Gasteiger partial charge in [-0.05, 0) is 92.0 Å². The summed E-state index contributed by atoms with van der Waals surface area (Å²) in [5.74, 6) is 4.12. The van der Waals surface area contributed by atoms with Gasteiger partial charge in [0, 0.05) is 46.3 Å². The average molecular weight is 637 g/mol. The lowest BCUT2D eigenvalue weighted by Crippen LogP contribution is -2.21. The molecule has 0 saturated heterocycles. The zero-order chi connectivity index (χ0) is 33.7. The van der Waals surface area contributed by atoms with Gasteiger partial charge in [-0.25, -0.2) is 9.67 Å². The van der Waals surface area contributed by atoms with E-state index in [4.69, 9.17) is 14.8 Å². The Kier molecular flexibility index (Phi) is 8.27. The van der Waals surface area contributed by atoms with Crippen LogP contribution in [-0.2, 0) is 5.41 Å². The highest BCUT2D eigenvalue weighted by Crippen LogP contribution is 2.45. The number of fused-ring (bicyclic) bond motifs is 3. The zero-order valence-electron chi connectivity index (χ0n) is 29.7. The van der Waals surface area contributed by atoms with Gasteiger partial charge in [0.05, 0.1) is 22.4 Å². The molecule has 5 heteroatoms. The predicted molar refractivity (Wildman–Crippen MR) is 199 cm³/mol. The standard InChI is InChI=1S/C43H48N4O/c1-9-13-31-23-27(2)22-28(3)41(31)42-29(4)45-47(30(42)5)33-14-12-15-34(25-33)48-35-18-19-37-36-16-10-11-17-38(36)46(39(37)26-35)40-24-32(20-21-44-40)43(6,7)8/h10-12,14-21,23-28,41H,9,13,22H2,1-8H3/t27?,28-,41-/m0/s1. The Morgan fingerprint density at radius 2 is 1.62 bits per heavy atom. The lowest BCUT2D eigenvalue weighted by molar-refractivity contribution is 0.382. The number of para-hydroxylation sites is 1. The summed E-state index contributed by atoms with van der Waals surface area (Å²) >= 11 is 0. The molecule has 0 bridgehead atoms. The Morgan fingerprint density at radius 1 is 0.854 bits per heavy atom. The molecule has 3 aromatic carbocycles. The van der Waals surface area contributed by atoms with Gasteiger partial charge in [0.15, 0.2) is 0 Å². The quantitative estimate of drug-likeness (QED) is 0.164. The van der Waals surface area contributed by atoms with Crippen LogP contribution in [0.15, 0.2) is 96.7 Å². The van der Waals surface area contributed by atoms with E-state index in [1.165, 1.54) is 40.4 Å². The lowest BCUT2D eigenvalue weighted by atomic mass is 9.71. The van der Waals surface area contributed by atoms with Crippen LogP contribution < -0.4 is 4.74 Å². The highest BCUT2D eigenvalue weighted by molar-refractivity contribution is 6.09. The molecule has 0 saturated carbocycles. The maximum atomic E-state index is 6.60. The molecule has 0 radical (unpaired) electrons. The first-order valence-corrected chi connectivity index (χ1v) is 17.6. The molecule has 1 unspecified atom stereocenters. The van der Waals surface area contributed by atoms with Crippen molar-refractivity contribution >= 4 is 21.8 Å². The van der Waals surface area contributed by atoms with Crippen LogP contribution in [0.4, 0.5) is 0 Å². The fraction of sp³-hybridized carbons (Fsp3) is 0.349. The van der Waals surface area contributed by atoms with Crippen LogP contribution in [0.1, 0.15) is 89.2 Å². The number of nitrogens with zero attached hydrogens (tertiary/aromatic N) is 4. The number of aromatic nitrogens is 4. The van der Waals surface area contributed by atoms with Crippen molar-refractivity contribution in [3.8, 4) is 23.0 Å². The zero-order valence-corrected chi connectivity index (χ0v) is 29.7. The monoisotopic (exact) mass is 636 g/mol. The molecule has 0 spiro atoms. The van der Waals surface area contributed by atoms with Crippen LogP contribution in [-0.4, -0.2) is 19.3 Å². The Morgan fingerprint density at radius 3 is 2.42 bits per heavy atom. The van der Waals surface area contributed by atoms with E-state index < -0.39 is 0 Å². The maximum absolute atomic E-state index is 6.60. The van der Waals surface area contributed by atoms with Gasteiger partial charge in [-0.3, -0.25) is 4.57 Å². The topological polar surface area (TPSA) is 44.9 Å². The molecule has 1 aliphatic carbocycles. The van der Waals surface area contributed by atoms with Gasteiger partial charge >= 0.3 is 0 Å². The molecule has 3 heterocycles. The van der Waals surface area contributed by atoms with Crippen molar-refractivity contribution in [3.05, 3.63) is 119 Å². The van der Waals surface area contributed by atoms with Crippen LogP contribution in [0.3, 0.4) is 0 Å². The van der Waals surface area contributed by atoms with Crippen LogP contribution in [0, 0.1) is 25.7 Å². The van der Waals surface area contributed by atoms with Gasteiger partial charge < -0.3 is 4.74 Å². The van der Waals surface area contributed by atoms with Crippen molar-refractivity contribution in [2.75, 3.05) is 0 Å². The van der Waals surface area contributed by atoms with Gasteiger partial charge in [0.25, 0.3) is 0 Å². The van der Waals surface area contributed by atoms with Gasteiger partial charge in [-0.2, -0.15) is 5.10 Å². The molecule has 0 amide bonds. The second kappa shape index (κ2) is 12.4. The summed E-state index contributed by atoms with van der Waals surface area (Å²) in [6.07, 6.45) is 7.98. The summed E-state index contributed by atoms with van der Waals surface area (Å²) in [5, 5.41) is 7.48. The number of allylic oxidation sites excluding steroid dienone is 2. The van der Waals surface area contributed by atoms with Crippen LogP contribution in [0.25, 0.3) is 33.3 Å². The second-order valence-electron chi connectivity index (χ2n) is 14.9. The number of rotatable bonds is 7.